The molecule has 0 aliphatic rings. The summed E-state index contributed by atoms with van der Waals surface area (Å²) < 4.78 is 49.7. The molecule has 3 aromatic rings. The number of pyridine rings is 1. The first-order valence-corrected chi connectivity index (χ1v) is 10.5. The van der Waals surface area contributed by atoms with Crippen LogP contribution in [0.25, 0.3) is 0 Å². The summed E-state index contributed by atoms with van der Waals surface area (Å²) in [4.78, 5) is 17.2. The van der Waals surface area contributed by atoms with E-state index in [1.807, 2.05) is 13.8 Å². The Hall–Kier alpha value is -3.39. The minimum atomic E-state index is -4.45. The fraction of sp³-hybridized carbons (Fsp3) is 0.280. The van der Waals surface area contributed by atoms with E-state index in [0.29, 0.717) is 29.3 Å². The van der Waals surface area contributed by atoms with Crippen LogP contribution in [0.5, 0.6) is 11.5 Å². The number of aromatic nitrogens is 1. The van der Waals surface area contributed by atoms with Gasteiger partial charge in [-0.25, -0.2) is 0 Å². The van der Waals surface area contributed by atoms with Gasteiger partial charge in [0.2, 0.25) is 0 Å². The molecule has 0 aliphatic heterocycles. The van der Waals surface area contributed by atoms with E-state index in [4.69, 9.17) is 9.47 Å². The molecule has 1 atom stereocenters. The summed E-state index contributed by atoms with van der Waals surface area (Å²) in [6.07, 6.45) is -3.70. The van der Waals surface area contributed by atoms with Crippen LogP contribution >= 0.6 is 0 Å². The number of anilines is 1. The van der Waals surface area contributed by atoms with Gasteiger partial charge in [-0.05, 0) is 74.9 Å². The number of carbonyl (C=O) groups excluding carboxylic acids is 1. The highest BCUT2D eigenvalue weighted by Gasteiger charge is 2.30. The first-order valence-electron chi connectivity index (χ1n) is 10.5. The van der Waals surface area contributed by atoms with Gasteiger partial charge < -0.3 is 14.8 Å². The molecule has 5 nitrogen and oxygen atoms in total. The van der Waals surface area contributed by atoms with Crippen molar-refractivity contribution in [3.63, 3.8) is 0 Å². The molecule has 1 amide bonds. The lowest BCUT2D eigenvalue weighted by atomic mass is 10.1. The third-order valence-electron chi connectivity index (χ3n) is 4.85. The summed E-state index contributed by atoms with van der Waals surface area (Å²) in [6.45, 7) is 6.34. The third kappa shape index (κ3) is 6.55. The van der Waals surface area contributed by atoms with Crippen molar-refractivity contribution in [3.05, 3.63) is 83.2 Å². The Morgan fingerprint density at radius 1 is 1.06 bits per heavy atom. The molecule has 0 bridgehead atoms. The smallest absolute Gasteiger partial charge is 0.416 e. The molecular formula is C25H25F3N2O3. The molecule has 3 rings (SSSR count). The summed E-state index contributed by atoms with van der Waals surface area (Å²) in [5.74, 6) is 0.0939. The summed E-state index contributed by atoms with van der Waals surface area (Å²) in [6, 6.07) is 14.5. The largest absolute Gasteiger partial charge is 0.457 e. The van der Waals surface area contributed by atoms with Crippen LogP contribution in [0.1, 0.15) is 53.7 Å². The highest BCUT2D eigenvalue weighted by Crippen LogP contribution is 2.33. The molecule has 1 heterocycles. The lowest BCUT2D eigenvalue weighted by molar-refractivity contribution is -0.137. The van der Waals surface area contributed by atoms with E-state index >= 15 is 0 Å². The number of aryl methyl sites for hydroxylation is 1. The second kappa shape index (κ2) is 10.5. The first-order chi connectivity index (χ1) is 15.7. The molecule has 0 saturated heterocycles. The number of carbonyl (C=O) groups is 1. The molecule has 174 valence electrons. The highest BCUT2D eigenvalue weighted by atomic mass is 19.4. The predicted octanol–water partition coefficient (Wildman–Crippen LogP) is 6.94. The van der Waals surface area contributed by atoms with Crippen LogP contribution < -0.4 is 10.1 Å². The Morgan fingerprint density at radius 3 is 2.42 bits per heavy atom. The van der Waals surface area contributed by atoms with Gasteiger partial charge in [0, 0.05) is 12.3 Å². The first kappa shape index (κ1) is 24.3. The molecule has 0 aliphatic carbocycles. The Morgan fingerprint density at radius 2 is 1.79 bits per heavy atom. The Bertz CT molecular complexity index is 1100. The number of rotatable bonds is 8. The van der Waals surface area contributed by atoms with Crippen LogP contribution in [-0.4, -0.2) is 17.5 Å². The molecule has 1 aromatic heterocycles. The van der Waals surface area contributed by atoms with Crippen molar-refractivity contribution in [2.24, 2.45) is 0 Å². The lowest BCUT2D eigenvalue weighted by Gasteiger charge is -2.14. The molecule has 8 heteroatoms. The van der Waals surface area contributed by atoms with Crippen molar-refractivity contribution >= 4 is 11.6 Å². The van der Waals surface area contributed by atoms with E-state index < -0.39 is 11.7 Å². The molecule has 1 unspecified atom stereocenters. The van der Waals surface area contributed by atoms with Crippen LogP contribution in [0, 0.1) is 6.92 Å². The Balaban J connectivity index is 1.65. The zero-order valence-corrected chi connectivity index (χ0v) is 18.6. The van der Waals surface area contributed by atoms with E-state index in [1.165, 1.54) is 12.1 Å². The van der Waals surface area contributed by atoms with Gasteiger partial charge in [-0.3, -0.25) is 9.78 Å². The topological polar surface area (TPSA) is 60.5 Å². The maximum Gasteiger partial charge on any atom is 0.416 e. The number of amides is 1. The van der Waals surface area contributed by atoms with Gasteiger partial charge in [0.1, 0.15) is 11.5 Å². The van der Waals surface area contributed by atoms with Gasteiger partial charge >= 0.3 is 6.18 Å². The SMILES string of the molecule is CCCOC(C)c1ccc(C(=O)Nc2ccc(Oc3cccc(C(F)(F)F)c3)cc2)c(C)n1. The summed E-state index contributed by atoms with van der Waals surface area (Å²) in [5, 5.41) is 2.79. The fourth-order valence-electron chi connectivity index (χ4n) is 3.10. The van der Waals surface area contributed by atoms with E-state index in [9.17, 15) is 18.0 Å². The van der Waals surface area contributed by atoms with Crippen molar-refractivity contribution in [2.45, 2.75) is 39.5 Å². The van der Waals surface area contributed by atoms with Gasteiger partial charge in [-0.15, -0.1) is 0 Å². The second-order valence-corrected chi connectivity index (χ2v) is 7.49. The van der Waals surface area contributed by atoms with Crippen LogP contribution in [0.3, 0.4) is 0 Å². The number of ether oxygens (including phenoxy) is 2. The van der Waals surface area contributed by atoms with Crippen molar-refractivity contribution < 1.29 is 27.4 Å². The van der Waals surface area contributed by atoms with Gasteiger partial charge in [0.25, 0.3) is 5.91 Å². The molecule has 0 radical (unpaired) electrons. The maximum absolute atomic E-state index is 12.9. The van der Waals surface area contributed by atoms with E-state index in [0.717, 1.165) is 24.2 Å². The number of hydrogen-bond acceptors (Lipinski definition) is 4. The molecule has 33 heavy (non-hydrogen) atoms. The number of nitrogens with zero attached hydrogens (tertiary/aromatic N) is 1. The average molecular weight is 458 g/mol. The normalized spacial score (nSPS) is 12.3. The minimum Gasteiger partial charge on any atom is -0.457 e. The molecule has 1 N–H and O–H groups in total. The number of alkyl halides is 3. The van der Waals surface area contributed by atoms with Crippen molar-refractivity contribution in [2.75, 3.05) is 11.9 Å². The van der Waals surface area contributed by atoms with Gasteiger partial charge in [-0.2, -0.15) is 13.2 Å². The van der Waals surface area contributed by atoms with Crippen LogP contribution in [0.4, 0.5) is 18.9 Å². The van der Waals surface area contributed by atoms with Crippen molar-refractivity contribution in [3.8, 4) is 11.5 Å². The molecule has 0 saturated carbocycles. The van der Waals surface area contributed by atoms with Gasteiger partial charge in [-0.1, -0.05) is 13.0 Å². The number of halogens is 3. The maximum atomic E-state index is 12.9. The van der Waals surface area contributed by atoms with E-state index in [-0.39, 0.29) is 17.8 Å². The summed E-state index contributed by atoms with van der Waals surface area (Å²) >= 11 is 0. The van der Waals surface area contributed by atoms with E-state index in [2.05, 4.69) is 10.3 Å². The average Bonchev–Trinajstić information content (AvgIpc) is 2.78. The number of hydrogen-bond donors (Lipinski definition) is 1. The summed E-state index contributed by atoms with van der Waals surface area (Å²) in [5.41, 5.74) is 1.51. The summed E-state index contributed by atoms with van der Waals surface area (Å²) in [7, 11) is 0. The van der Waals surface area contributed by atoms with Crippen LogP contribution in [0.2, 0.25) is 0 Å². The minimum absolute atomic E-state index is 0.0699. The Kier molecular flexibility index (Phi) is 7.71. The van der Waals surface area contributed by atoms with Crippen molar-refractivity contribution in [1.29, 1.82) is 0 Å². The quantitative estimate of drug-likeness (QED) is 0.397. The molecule has 0 spiro atoms. The van der Waals surface area contributed by atoms with Crippen LogP contribution in [0.15, 0.2) is 60.7 Å². The standard InChI is InChI=1S/C25H25F3N2O3/c1-4-14-32-17(3)23-13-12-22(16(2)29-23)24(31)30-19-8-10-20(11-9-19)33-21-7-5-6-18(15-21)25(26,27)28/h5-13,15,17H,4,14H2,1-3H3,(H,30,31). The third-order valence-corrected chi connectivity index (χ3v) is 4.85. The molecule has 2 aromatic carbocycles. The zero-order valence-electron chi connectivity index (χ0n) is 18.6. The Labute approximate surface area is 190 Å². The highest BCUT2D eigenvalue weighted by molar-refractivity contribution is 6.05. The number of benzene rings is 2. The van der Waals surface area contributed by atoms with Gasteiger partial charge in [0.15, 0.2) is 0 Å². The number of nitrogens with one attached hydrogen (secondary N) is 1. The molecule has 0 fully saturated rings. The second-order valence-electron chi connectivity index (χ2n) is 7.49. The predicted molar refractivity (Wildman–Crippen MR) is 120 cm³/mol. The zero-order chi connectivity index (χ0) is 24.0. The van der Waals surface area contributed by atoms with Crippen LogP contribution in [-0.2, 0) is 10.9 Å². The van der Waals surface area contributed by atoms with Gasteiger partial charge in [0.05, 0.1) is 28.6 Å². The van der Waals surface area contributed by atoms with Crippen molar-refractivity contribution in [1.82, 2.24) is 4.98 Å². The fourth-order valence-corrected chi connectivity index (χ4v) is 3.10. The lowest BCUT2D eigenvalue weighted by Crippen LogP contribution is -2.15. The molecular weight excluding hydrogens is 433 g/mol. The monoisotopic (exact) mass is 458 g/mol. The van der Waals surface area contributed by atoms with E-state index in [1.54, 1.807) is 43.3 Å².